The van der Waals surface area contributed by atoms with Gasteiger partial charge in [0.25, 0.3) is 0 Å². The van der Waals surface area contributed by atoms with Gasteiger partial charge in [0.15, 0.2) is 0 Å². The van der Waals surface area contributed by atoms with Crippen LogP contribution in [0.15, 0.2) is 18.2 Å². The number of amides is 2. The van der Waals surface area contributed by atoms with Gasteiger partial charge in [-0.05, 0) is 31.0 Å². The van der Waals surface area contributed by atoms with Crippen LogP contribution < -0.4 is 16.4 Å². The third kappa shape index (κ3) is 3.85. The number of carboxylic acids is 1. The van der Waals surface area contributed by atoms with Crippen LogP contribution in [0.25, 0.3) is 0 Å². The molecule has 1 aliphatic rings. The van der Waals surface area contributed by atoms with Crippen molar-refractivity contribution < 1.29 is 19.8 Å². The van der Waals surface area contributed by atoms with Gasteiger partial charge in [-0.2, -0.15) is 0 Å². The number of carboxylic acid groups (broad SMARTS) is 1. The summed E-state index contributed by atoms with van der Waals surface area (Å²) in [6, 6.07) is 3.13. The van der Waals surface area contributed by atoms with Crippen LogP contribution in [0.5, 0.6) is 5.75 Å². The summed E-state index contributed by atoms with van der Waals surface area (Å²) in [5.41, 5.74) is 6.05. The summed E-state index contributed by atoms with van der Waals surface area (Å²) in [4.78, 5) is 22.7. The highest BCUT2D eigenvalue weighted by Gasteiger charge is 2.23. The van der Waals surface area contributed by atoms with E-state index in [4.69, 9.17) is 10.8 Å². The van der Waals surface area contributed by atoms with E-state index >= 15 is 0 Å². The lowest BCUT2D eigenvalue weighted by Gasteiger charge is -2.29. The first-order chi connectivity index (χ1) is 9.97. The third-order valence-corrected chi connectivity index (χ3v) is 3.63. The number of phenols is 1. The van der Waals surface area contributed by atoms with E-state index in [0.29, 0.717) is 0 Å². The van der Waals surface area contributed by atoms with Crippen LogP contribution in [-0.4, -0.2) is 34.3 Å². The zero-order valence-corrected chi connectivity index (χ0v) is 11.5. The molecule has 0 bridgehead atoms. The van der Waals surface area contributed by atoms with Crippen molar-refractivity contribution in [1.29, 1.82) is 0 Å². The lowest BCUT2D eigenvalue weighted by Crippen LogP contribution is -2.50. The molecule has 2 rings (SSSR count). The topological polar surface area (TPSA) is 125 Å². The smallest absolute Gasteiger partial charge is 0.335 e. The van der Waals surface area contributed by atoms with Crippen LogP contribution in [0.4, 0.5) is 10.5 Å². The molecule has 0 heterocycles. The number of rotatable bonds is 3. The van der Waals surface area contributed by atoms with E-state index in [1.807, 2.05) is 0 Å². The maximum absolute atomic E-state index is 11.9. The fourth-order valence-corrected chi connectivity index (χ4v) is 2.44. The monoisotopic (exact) mass is 293 g/mol. The van der Waals surface area contributed by atoms with Gasteiger partial charge in [0, 0.05) is 12.1 Å². The van der Waals surface area contributed by atoms with Gasteiger partial charge in [0.2, 0.25) is 0 Å². The Morgan fingerprint density at radius 3 is 2.57 bits per heavy atom. The molecule has 21 heavy (non-hydrogen) atoms. The van der Waals surface area contributed by atoms with Crippen molar-refractivity contribution in [3.63, 3.8) is 0 Å². The molecule has 0 aromatic heterocycles. The Labute approximate surface area is 122 Å². The summed E-state index contributed by atoms with van der Waals surface area (Å²) in [6.45, 7) is 0. The minimum atomic E-state index is -1.14. The molecule has 2 atom stereocenters. The Morgan fingerprint density at radius 1 is 1.24 bits per heavy atom. The first-order valence-electron chi connectivity index (χ1n) is 6.87. The standard InChI is InChI=1S/C14H19N3O4/c15-9-3-1-2-4-10(9)16-14(21)17-11-6-5-8(13(19)20)7-12(11)18/h5-7,9-10,18H,1-4,15H2,(H,19,20)(H2,16,17,21). The van der Waals surface area contributed by atoms with Crippen molar-refractivity contribution >= 4 is 17.7 Å². The summed E-state index contributed by atoms with van der Waals surface area (Å²) in [6.07, 6.45) is 3.80. The molecular weight excluding hydrogens is 274 g/mol. The molecule has 6 N–H and O–H groups in total. The van der Waals surface area contributed by atoms with Gasteiger partial charge in [-0.25, -0.2) is 9.59 Å². The zero-order chi connectivity index (χ0) is 15.4. The molecular formula is C14H19N3O4. The molecule has 0 aliphatic heterocycles. The molecule has 2 amide bonds. The Balaban J connectivity index is 1.97. The molecule has 114 valence electrons. The van der Waals surface area contributed by atoms with E-state index in [-0.39, 0.29) is 29.1 Å². The van der Waals surface area contributed by atoms with Crippen molar-refractivity contribution in [3.05, 3.63) is 23.8 Å². The van der Waals surface area contributed by atoms with Gasteiger partial charge in [-0.3, -0.25) is 0 Å². The van der Waals surface area contributed by atoms with Crippen molar-refractivity contribution in [1.82, 2.24) is 5.32 Å². The molecule has 1 saturated carbocycles. The highest BCUT2D eigenvalue weighted by Crippen LogP contribution is 2.24. The number of carbonyl (C=O) groups excluding carboxylic acids is 1. The van der Waals surface area contributed by atoms with E-state index in [9.17, 15) is 14.7 Å². The SMILES string of the molecule is NC1CCCCC1NC(=O)Nc1ccc(C(=O)O)cc1O. The number of aromatic carboxylic acids is 1. The maximum atomic E-state index is 11.9. The van der Waals surface area contributed by atoms with Crippen molar-refractivity contribution in [2.45, 2.75) is 37.8 Å². The number of phenolic OH excluding ortho intramolecular Hbond substituents is 1. The molecule has 1 aromatic rings. The Morgan fingerprint density at radius 2 is 1.95 bits per heavy atom. The number of aromatic hydroxyl groups is 1. The molecule has 2 unspecified atom stereocenters. The number of hydrogen-bond donors (Lipinski definition) is 5. The molecule has 1 fully saturated rings. The number of benzene rings is 1. The first-order valence-corrected chi connectivity index (χ1v) is 6.87. The molecule has 1 aliphatic carbocycles. The van der Waals surface area contributed by atoms with Crippen LogP contribution in [0.1, 0.15) is 36.0 Å². The fourth-order valence-electron chi connectivity index (χ4n) is 2.44. The van der Waals surface area contributed by atoms with E-state index < -0.39 is 12.0 Å². The van der Waals surface area contributed by atoms with Crippen LogP contribution in [-0.2, 0) is 0 Å². The van der Waals surface area contributed by atoms with Gasteiger partial charge in [-0.15, -0.1) is 0 Å². The second kappa shape index (κ2) is 6.45. The minimum Gasteiger partial charge on any atom is -0.506 e. The third-order valence-electron chi connectivity index (χ3n) is 3.63. The van der Waals surface area contributed by atoms with Crippen LogP contribution >= 0.6 is 0 Å². The number of urea groups is 1. The van der Waals surface area contributed by atoms with Gasteiger partial charge < -0.3 is 26.6 Å². The normalized spacial score (nSPS) is 21.6. The Hall–Kier alpha value is -2.28. The molecule has 0 saturated heterocycles. The fraction of sp³-hybridized carbons (Fsp3) is 0.429. The van der Waals surface area contributed by atoms with Crippen molar-refractivity contribution in [2.24, 2.45) is 5.73 Å². The van der Waals surface area contributed by atoms with E-state index in [0.717, 1.165) is 31.7 Å². The minimum absolute atomic E-state index is 0.0484. The summed E-state index contributed by atoms with van der Waals surface area (Å²) < 4.78 is 0. The lowest BCUT2D eigenvalue weighted by atomic mass is 9.91. The summed E-state index contributed by atoms with van der Waals surface area (Å²) in [5, 5.41) is 23.8. The molecule has 7 nitrogen and oxygen atoms in total. The molecule has 7 heteroatoms. The average Bonchev–Trinajstić information content (AvgIpc) is 2.43. The maximum Gasteiger partial charge on any atom is 0.335 e. The quantitative estimate of drug-likeness (QED) is 0.540. The van der Waals surface area contributed by atoms with Crippen molar-refractivity contribution in [2.75, 3.05) is 5.32 Å². The largest absolute Gasteiger partial charge is 0.506 e. The van der Waals surface area contributed by atoms with Crippen molar-refractivity contribution in [3.8, 4) is 5.75 Å². The van der Waals surface area contributed by atoms with E-state index in [1.165, 1.54) is 12.1 Å². The number of hydrogen-bond acceptors (Lipinski definition) is 4. The summed E-state index contributed by atoms with van der Waals surface area (Å²) in [5.74, 6) is -1.44. The summed E-state index contributed by atoms with van der Waals surface area (Å²) in [7, 11) is 0. The molecule has 1 aromatic carbocycles. The highest BCUT2D eigenvalue weighted by molar-refractivity contribution is 5.93. The number of anilines is 1. The van der Waals surface area contributed by atoms with Crippen LogP contribution in [0.2, 0.25) is 0 Å². The van der Waals surface area contributed by atoms with Crippen LogP contribution in [0, 0.1) is 0 Å². The van der Waals surface area contributed by atoms with Gasteiger partial charge in [0.05, 0.1) is 11.3 Å². The predicted molar refractivity (Wildman–Crippen MR) is 77.5 cm³/mol. The lowest BCUT2D eigenvalue weighted by molar-refractivity contribution is 0.0696. The number of nitrogens with two attached hydrogens (primary N) is 1. The Kier molecular flexibility index (Phi) is 4.64. The van der Waals surface area contributed by atoms with Gasteiger partial charge in [0.1, 0.15) is 5.75 Å². The second-order valence-corrected chi connectivity index (χ2v) is 5.19. The first kappa shape index (κ1) is 15.1. The zero-order valence-electron chi connectivity index (χ0n) is 11.5. The predicted octanol–water partition coefficient (Wildman–Crippen LogP) is 1.48. The second-order valence-electron chi connectivity index (χ2n) is 5.19. The van der Waals surface area contributed by atoms with Gasteiger partial charge >= 0.3 is 12.0 Å². The highest BCUT2D eigenvalue weighted by atomic mass is 16.4. The van der Waals surface area contributed by atoms with Gasteiger partial charge in [-0.1, -0.05) is 12.8 Å². The Bertz CT molecular complexity index is 547. The summed E-state index contributed by atoms with van der Waals surface area (Å²) >= 11 is 0. The van der Waals surface area contributed by atoms with E-state index in [1.54, 1.807) is 0 Å². The molecule has 0 spiro atoms. The number of carbonyl (C=O) groups is 2. The van der Waals surface area contributed by atoms with Crippen LogP contribution in [0.3, 0.4) is 0 Å². The van der Waals surface area contributed by atoms with E-state index in [2.05, 4.69) is 10.6 Å². The molecule has 0 radical (unpaired) electrons. The number of nitrogens with one attached hydrogen (secondary N) is 2. The average molecular weight is 293 g/mol.